The third-order valence-corrected chi connectivity index (χ3v) is 2.70. The van der Waals surface area contributed by atoms with Crippen LogP contribution in [-0.2, 0) is 6.42 Å². The van der Waals surface area contributed by atoms with Crippen LogP contribution in [0.1, 0.15) is 44.9 Å². The van der Waals surface area contributed by atoms with Crippen LogP contribution in [0.3, 0.4) is 0 Å². The first kappa shape index (κ1) is 12.3. The highest BCUT2D eigenvalue weighted by Gasteiger charge is 2.10. The van der Waals surface area contributed by atoms with Gasteiger partial charge in [-0.1, -0.05) is 52.0 Å². The van der Waals surface area contributed by atoms with Crippen molar-refractivity contribution in [1.82, 2.24) is 0 Å². The van der Waals surface area contributed by atoms with E-state index >= 15 is 0 Å². The topological polar surface area (TPSA) is 26.0 Å². The van der Waals surface area contributed by atoms with Crippen molar-refractivity contribution in [2.24, 2.45) is 17.6 Å². The fraction of sp³-hybridized carbons (Fsp3) is 0.571. The summed E-state index contributed by atoms with van der Waals surface area (Å²) >= 11 is 0. The van der Waals surface area contributed by atoms with Gasteiger partial charge in [0, 0.05) is 6.04 Å². The van der Waals surface area contributed by atoms with Gasteiger partial charge in [0.25, 0.3) is 0 Å². The van der Waals surface area contributed by atoms with Crippen molar-refractivity contribution >= 4 is 0 Å². The molecule has 0 aliphatic heterocycles. The van der Waals surface area contributed by atoms with E-state index in [4.69, 9.17) is 5.73 Å². The van der Waals surface area contributed by atoms with Gasteiger partial charge in [0.15, 0.2) is 0 Å². The summed E-state index contributed by atoms with van der Waals surface area (Å²) in [5.41, 5.74) is 8.81. The molecule has 0 aromatic heterocycles. The Morgan fingerprint density at radius 1 is 1.13 bits per heavy atom. The fourth-order valence-electron chi connectivity index (χ4n) is 1.78. The normalized spacial score (nSPS) is 13.5. The van der Waals surface area contributed by atoms with E-state index < -0.39 is 0 Å². The average Bonchev–Trinajstić information content (AvgIpc) is 2.16. The van der Waals surface area contributed by atoms with Gasteiger partial charge in [-0.25, -0.2) is 0 Å². The Kier molecular flexibility index (Phi) is 4.34. The molecular formula is C14H23N. The summed E-state index contributed by atoms with van der Waals surface area (Å²) in [6, 6.07) is 8.86. The van der Waals surface area contributed by atoms with Crippen LogP contribution in [0.4, 0.5) is 0 Å². The Morgan fingerprint density at radius 2 is 1.80 bits per heavy atom. The molecule has 15 heavy (non-hydrogen) atoms. The second kappa shape index (κ2) is 5.32. The molecule has 0 aliphatic carbocycles. The number of hydrogen-bond donors (Lipinski definition) is 1. The number of nitrogens with two attached hydrogens (primary N) is 1. The van der Waals surface area contributed by atoms with Crippen molar-refractivity contribution in [3.63, 3.8) is 0 Å². The van der Waals surface area contributed by atoms with Crippen LogP contribution in [0.25, 0.3) is 0 Å². The maximum Gasteiger partial charge on any atom is 0.0318 e. The molecule has 0 aliphatic rings. The molecule has 1 aromatic rings. The van der Waals surface area contributed by atoms with Gasteiger partial charge in [0.2, 0.25) is 0 Å². The zero-order valence-corrected chi connectivity index (χ0v) is 10.3. The minimum absolute atomic E-state index is 0.164. The van der Waals surface area contributed by atoms with Crippen LogP contribution in [0.15, 0.2) is 24.3 Å². The van der Waals surface area contributed by atoms with Gasteiger partial charge in [0.05, 0.1) is 0 Å². The molecule has 0 bridgehead atoms. The minimum Gasteiger partial charge on any atom is -0.324 e. The van der Waals surface area contributed by atoms with Crippen LogP contribution < -0.4 is 5.73 Å². The lowest BCUT2D eigenvalue weighted by Crippen LogP contribution is -2.16. The standard InChI is InChI=1S/C14H23N/c1-10(2)8-12-6-5-7-13(9-12)14(15)11(3)4/h5-7,9-11,14H,8,15H2,1-4H3. The van der Waals surface area contributed by atoms with Gasteiger partial charge in [-0.2, -0.15) is 0 Å². The minimum atomic E-state index is 0.164. The van der Waals surface area contributed by atoms with E-state index in [0.717, 1.165) is 6.42 Å². The Morgan fingerprint density at radius 3 is 2.33 bits per heavy atom. The monoisotopic (exact) mass is 205 g/mol. The van der Waals surface area contributed by atoms with E-state index in [1.54, 1.807) is 0 Å². The molecule has 0 radical (unpaired) electrons. The quantitative estimate of drug-likeness (QED) is 0.799. The van der Waals surface area contributed by atoms with E-state index in [2.05, 4.69) is 52.0 Å². The second-order valence-electron chi connectivity index (χ2n) is 5.11. The predicted molar refractivity (Wildman–Crippen MR) is 66.8 cm³/mol. The summed E-state index contributed by atoms with van der Waals surface area (Å²) in [5.74, 6) is 1.20. The molecule has 1 unspecified atom stereocenters. The van der Waals surface area contributed by atoms with E-state index in [9.17, 15) is 0 Å². The van der Waals surface area contributed by atoms with E-state index in [-0.39, 0.29) is 6.04 Å². The van der Waals surface area contributed by atoms with Crippen LogP contribution in [-0.4, -0.2) is 0 Å². The molecule has 0 saturated carbocycles. The van der Waals surface area contributed by atoms with Crippen LogP contribution in [0.2, 0.25) is 0 Å². The SMILES string of the molecule is CC(C)Cc1cccc(C(N)C(C)C)c1. The van der Waals surface area contributed by atoms with Gasteiger partial charge in [-0.3, -0.25) is 0 Å². The lowest BCUT2D eigenvalue weighted by atomic mass is 9.93. The van der Waals surface area contributed by atoms with Gasteiger partial charge >= 0.3 is 0 Å². The first-order chi connectivity index (χ1) is 7.00. The first-order valence-electron chi connectivity index (χ1n) is 5.85. The van der Waals surface area contributed by atoms with Crippen LogP contribution in [0, 0.1) is 11.8 Å². The summed E-state index contributed by atoms with van der Waals surface area (Å²) in [5, 5.41) is 0. The summed E-state index contributed by atoms with van der Waals surface area (Å²) in [4.78, 5) is 0. The summed E-state index contributed by atoms with van der Waals surface area (Å²) in [6.45, 7) is 8.82. The molecule has 0 spiro atoms. The molecule has 1 nitrogen and oxygen atoms in total. The molecule has 84 valence electrons. The van der Waals surface area contributed by atoms with Crippen molar-refractivity contribution in [3.05, 3.63) is 35.4 Å². The molecular weight excluding hydrogens is 182 g/mol. The maximum absolute atomic E-state index is 6.14. The highest BCUT2D eigenvalue weighted by Crippen LogP contribution is 2.20. The highest BCUT2D eigenvalue weighted by atomic mass is 14.6. The Hall–Kier alpha value is -0.820. The first-order valence-corrected chi connectivity index (χ1v) is 5.85. The van der Waals surface area contributed by atoms with Gasteiger partial charge < -0.3 is 5.73 Å². The Balaban J connectivity index is 2.82. The lowest BCUT2D eigenvalue weighted by molar-refractivity contribution is 0.513. The largest absolute Gasteiger partial charge is 0.324 e. The highest BCUT2D eigenvalue weighted by molar-refractivity contribution is 5.26. The van der Waals surface area contributed by atoms with Crippen molar-refractivity contribution in [2.45, 2.75) is 40.2 Å². The second-order valence-corrected chi connectivity index (χ2v) is 5.11. The molecule has 0 amide bonds. The Bertz CT molecular complexity index is 302. The van der Waals surface area contributed by atoms with Crippen molar-refractivity contribution in [2.75, 3.05) is 0 Å². The molecule has 1 aromatic carbocycles. The van der Waals surface area contributed by atoms with Gasteiger partial charge in [-0.05, 0) is 29.4 Å². The van der Waals surface area contributed by atoms with Crippen LogP contribution in [0.5, 0.6) is 0 Å². The fourth-order valence-corrected chi connectivity index (χ4v) is 1.78. The van der Waals surface area contributed by atoms with E-state index in [1.807, 2.05) is 0 Å². The van der Waals surface area contributed by atoms with Crippen molar-refractivity contribution in [1.29, 1.82) is 0 Å². The molecule has 1 atom stereocenters. The van der Waals surface area contributed by atoms with Crippen molar-refractivity contribution in [3.8, 4) is 0 Å². The van der Waals surface area contributed by atoms with E-state index in [0.29, 0.717) is 11.8 Å². The molecule has 1 heteroatoms. The third-order valence-electron chi connectivity index (χ3n) is 2.70. The molecule has 1 rings (SSSR count). The number of hydrogen-bond acceptors (Lipinski definition) is 1. The molecule has 0 heterocycles. The van der Waals surface area contributed by atoms with E-state index in [1.165, 1.54) is 11.1 Å². The molecule has 0 saturated heterocycles. The van der Waals surface area contributed by atoms with Crippen LogP contribution >= 0.6 is 0 Å². The zero-order chi connectivity index (χ0) is 11.4. The smallest absolute Gasteiger partial charge is 0.0318 e. The zero-order valence-electron chi connectivity index (χ0n) is 10.3. The summed E-state index contributed by atoms with van der Waals surface area (Å²) in [7, 11) is 0. The molecule has 0 fully saturated rings. The average molecular weight is 205 g/mol. The maximum atomic E-state index is 6.14. The third kappa shape index (κ3) is 3.67. The van der Waals surface area contributed by atoms with Gasteiger partial charge in [0.1, 0.15) is 0 Å². The predicted octanol–water partition coefficient (Wildman–Crippen LogP) is 3.54. The summed E-state index contributed by atoms with van der Waals surface area (Å²) in [6.07, 6.45) is 1.14. The van der Waals surface area contributed by atoms with Crippen molar-refractivity contribution < 1.29 is 0 Å². The summed E-state index contributed by atoms with van der Waals surface area (Å²) < 4.78 is 0. The Labute approximate surface area is 93.7 Å². The van der Waals surface area contributed by atoms with Gasteiger partial charge in [-0.15, -0.1) is 0 Å². The number of rotatable bonds is 4. The lowest BCUT2D eigenvalue weighted by Gasteiger charge is -2.17. The molecule has 2 N–H and O–H groups in total. The number of benzene rings is 1.